The van der Waals surface area contributed by atoms with Gasteiger partial charge < -0.3 is 15.4 Å². The Labute approximate surface area is 193 Å². The van der Waals surface area contributed by atoms with Gasteiger partial charge in [0, 0.05) is 31.3 Å². The number of hydrogen-bond acceptors (Lipinski definition) is 5. The monoisotopic (exact) mass is 464 g/mol. The summed E-state index contributed by atoms with van der Waals surface area (Å²) in [5, 5.41) is 5.06. The van der Waals surface area contributed by atoms with Crippen LogP contribution in [0.25, 0.3) is 0 Å². The van der Waals surface area contributed by atoms with E-state index in [1.165, 1.54) is 43.1 Å². The molecule has 0 atom stereocenters. The Kier molecular flexibility index (Phi) is 7.61. The third-order valence-electron chi connectivity index (χ3n) is 4.79. The molecule has 2 aromatic carbocycles. The molecule has 1 aromatic heterocycles. The molecule has 0 bridgehead atoms. The van der Waals surface area contributed by atoms with Crippen molar-refractivity contribution in [1.29, 1.82) is 0 Å². The zero-order valence-electron chi connectivity index (χ0n) is 18.4. The summed E-state index contributed by atoms with van der Waals surface area (Å²) in [6.07, 6.45) is 1.26. The van der Waals surface area contributed by atoms with E-state index >= 15 is 0 Å². The van der Waals surface area contributed by atoms with Gasteiger partial charge in [-0.05, 0) is 41.3 Å². The summed E-state index contributed by atoms with van der Waals surface area (Å²) in [5.41, 5.74) is 0.354. The highest BCUT2D eigenvalue weighted by molar-refractivity contribution is 5.94. The van der Waals surface area contributed by atoms with Gasteiger partial charge in [0.2, 0.25) is 0 Å². The van der Waals surface area contributed by atoms with Gasteiger partial charge in [-0.1, -0.05) is 18.2 Å². The molecule has 0 saturated heterocycles. The average Bonchev–Trinajstić information content (AvgIpc) is 2.84. The largest absolute Gasteiger partial charge is 0.494 e. The molecular formula is C24H21FN4O5. The van der Waals surface area contributed by atoms with Crippen molar-refractivity contribution < 1.29 is 18.7 Å². The van der Waals surface area contributed by atoms with Gasteiger partial charge in [-0.3, -0.25) is 23.9 Å². The average molecular weight is 464 g/mol. The topological polar surface area (TPSA) is 122 Å². The maximum absolute atomic E-state index is 13.5. The van der Waals surface area contributed by atoms with Gasteiger partial charge >= 0.3 is 5.69 Å². The van der Waals surface area contributed by atoms with Crippen LogP contribution in [0.3, 0.4) is 0 Å². The zero-order chi connectivity index (χ0) is 24.7. The number of methoxy groups -OCH3 is 1. The summed E-state index contributed by atoms with van der Waals surface area (Å²) in [7, 11) is 2.86. The highest BCUT2D eigenvalue weighted by Gasteiger charge is 2.07. The Morgan fingerprint density at radius 2 is 1.82 bits per heavy atom. The molecule has 3 N–H and O–H groups in total. The maximum Gasteiger partial charge on any atom is 0.328 e. The first-order valence-electron chi connectivity index (χ1n) is 10.1. The van der Waals surface area contributed by atoms with Crippen LogP contribution in [0.15, 0.2) is 58.3 Å². The third kappa shape index (κ3) is 5.98. The standard InChI is InChI=1S/C24H21FN4O5/c1-26-22(31)17-6-3-15(4-7-17)13-29-14-18(23(32)28-24(29)33)8-10-21(30)27-12-16-5-9-19(25)20(11-16)34-2/h3-7,9,11,14H,12-13H2,1-2H3,(H,26,31)(H,27,30)(H,28,32,33). The van der Waals surface area contributed by atoms with E-state index in [0.717, 1.165) is 0 Å². The van der Waals surface area contributed by atoms with Crippen molar-refractivity contribution in [2.24, 2.45) is 0 Å². The summed E-state index contributed by atoms with van der Waals surface area (Å²) in [5.74, 6) is 3.40. The molecule has 10 heteroatoms. The first-order valence-corrected chi connectivity index (χ1v) is 10.1. The van der Waals surface area contributed by atoms with E-state index in [2.05, 4.69) is 27.5 Å². The summed E-state index contributed by atoms with van der Waals surface area (Å²) in [6.45, 7) is 0.197. The highest BCUT2D eigenvalue weighted by atomic mass is 19.1. The predicted molar refractivity (Wildman–Crippen MR) is 122 cm³/mol. The van der Waals surface area contributed by atoms with Crippen molar-refractivity contribution in [3.63, 3.8) is 0 Å². The number of nitrogens with one attached hydrogen (secondary N) is 3. The molecule has 0 fully saturated rings. The number of ether oxygens (including phenoxy) is 1. The van der Waals surface area contributed by atoms with Crippen molar-refractivity contribution in [3.05, 3.63) is 97.6 Å². The van der Waals surface area contributed by atoms with Gasteiger partial charge in [-0.2, -0.15) is 0 Å². The number of rotatable bonds is 6. The second kappa shape index (κ2) is 10.8. The number of hydrogen-bond donors (Lipinski definition) is 3. The molecule has 0 spiro atoms. The van der Waals surface area contributed by atoms with Crippen molar-refractivity contribution in [2.45, 2.75) is 13.1 Å². The normalized spacial score (nSPS) is 10.1. The fourth-order valence-corrected chi connectivity index (χ4v) is 2.98. The van der Waals surface area contributed by atoms with Gasteiger partial charge in [-0.25, -0.2) is 9.18 Å². The molecule has 0 radical (unpaired) electrons. The van der Waals surface area contributed by atoms with Crippen LogP contribution in [-0.4, -0.2) is 35.5 Å². The van der Waals surface area contributed by atoms with Crippen molar-refractivity contribution in [1.82, 2.24) is 20.2 Å². The van der Waals surface area contributed by atoms with Gasteiger partial charge in [-0.15, -0.1) is 0 Å². The SMILES string of the molecule is CNC(=O)c1ccc(Cn2cc(C#CC(=O)NCc3ccc(F)c(OC)c3)c(=O)[nH]c2=O)cc1. The molecule has 34 heavy (non-hydrogen) atoms. The number of carbonyl (C=O) groups excluding carboxylic acids is 2. The number of H-pyrrole nitrogens is 1. The lowest BCUT2D eigenvalue weighted by atomic mass is 10.1. The van der Waals surface area contributed by atoms with Crippen LogP contribution in [0, 0.1) is 17.7 Å². The van der Waals surface area contributed by atoms with Gasteiger partial charge in [0.1, 0.15) is 5.56 Å². The molecule has 3 aromatic rings. The lowest BCUT2D eigenvalue weighted by Gasteiger charge is -2.07. The number of aromatic amines is 1. The molecule has 3 rings (SSSR count). The van der Waals surface area contributed by atoms with E-state index in [9.17, 15) is 23.6 Å². The zero-order valence-corrected chi connectivity index (χ0v) is 18.4. The first-order chi connectivity index (χ1) is 16.3. The van der Waals surface area contributed by atoms with Crippen LogP contribution in [0.2, 0.25) is 0 Å². The molecule has 0 aliphatic rings. The molecule has 0 saturated carbocycles. The van der Waals surface area contributed by atoms with Gasteiger partial charge in [0.05, 0.1) is 13.7 Å². The van der Waals surface area contributed by atoms with Crippen molar-refractivity contribution in [3.8, 4) is 17.6 Å². The second-order valence-electron chi connectivity index (χ2n) is 7.11. The van der Waals surface area contributed by atoms with Crippen LogP contribution >= 0.6 is 0 Å². The van der Waals surface area contributed by atoms with Crippen LogP contribution in [0.5, 0.6) is 5.75 Å². The van der Waals surface area contributed by atoms with E-state index in [0.29, 0.717) is 16.7 Å². The molecular weight excluding hydrogens is 443 g/mol. The predicted octanol–water partition coefficient (Wildman–Crippen LogP) is 0.760. The van der Waals surface area contributed by atoms with E-state index in [1.807, 2.05) is 0 Å². The molecule has 9 nitrogen and oxygen atoms in total. The summed E-state index contributed by atoms with van der Waals surface area (Å²) >= 11 is 0. The fourth-order valence-electron chi connectivity index (χ4n) is 2.98. The van der Waals surface area contributed by atoms with E-state index in [-0.39, 0.29) is 30.3 Å². The Balaban J connectivity index is 1.71. The number of aromatic nitrogens is 2. The van der Waals surface area contributed by atoms with Crippen LogP contribution < -0.4 is 26.6 Å². The van der Waals surface area contributed by atoms with Gasteiger partial charge in [0.15, 0.2) is 11.6 Å². The number of benzene rings is 2. The summed E-state index contributed by atoms with van der Waals surface area (Å²) in [6, 6.07) is 10.8. The molecule has 0 unspecified atom stereocenters. The van der Waals surface area contributed by atoms with Crippen LogP contribution in [-0.2, 0) is 17.9 Å². The minimum Gasteiger partial charge on any atom is -0.494 e. The highest BCUT2D eigenvalue weighted by Crippen LogP contribution is 2.17. The molecule has 174 valence electrons. The smallest absolute Gasteiger partial charge is 0.328 e. The lowest BCUT2D eigenvalue weighted by molar-refractivity contribution is -0.115. The number of amides is 2. The minimum absolute atomic E-state index is 0.0508. The molecule has 0 aliphatic carbocycles. The quantitative estimate of drug-likeness (QED) is 0.465. The summed E-state index contributed by atoms with van der Waals surface area (Å²) in [4.78, 5) is 50.2. The van der Waals surface area contributed by atoms with Gasteiger partial charge in [0.25, 0.3) is 17.4 Å². The Morgan fingerprint density at radius 3 is 2.50 bits per heavy atom. The maximum atomic E-state index is 13.5. The van der Waals surface area contributed by atoms with Crippen LogP contribution in [0.1, 0.15) is 27.0 Å². The van der Waals surface area contributed by atoms with E-state index in [4.69, 9.17) is 4.74 Å². The first kappa shape index (κ1) is 24.0. The number of carbonyl (C=O) groups is 2. The van der Waals surface area contributed by atoms with Crippen molar-refractivity contribution in [2.75, 3.05) is 14.2 Å². The Bertz CT molecular complexity index is 1400. The summed E-state index contributed by atoms with van der Waals surface area (Å²) < 4.78 is 19.6. The molecule has 0 aliphatic heterocycles. The van der Waals surface area contributed by atoms with Crippen LogP contribution in [0.4, 0.5) is 4.39 Å². The lowest BCUT2D eigenvalue weighted by Crippen LogP contribution is -2.31. The second-order valence-corrected chi connectivity index (χ2v) is 7.11. The Hall–Kier alpha value is -4.65. The fraction of sp³-hybridized carbons (Fsp3) is 0.167. The molecule has 2 amide bonds. The molecule has 1 heterocycles. The van der Waals surface area contributed by atoms with E-state index < -0.39 is 23.0 Å². The minimum atomic E-state index is -0.722. The number of halogens is 1. The van der Waals surface area contributed by atoms with Crippen molar-refractivity contribution >= 4 is 11.8 Å². The van der Waals surface area contributed by atoms with E-state index in [1.54, 1.807) is 24.3 Å². The Morgan fingerprint density at radius 1 is 1.12 bits per heavy atom. The number of nitrogens with zero attached hydrogens (tertiary/aromatic N) is 1. The third-order valence-corrected chi connectivity index (χ3v) is 4.79.